The summed E-state index contributed by atoms with van der Waals surface area (Å²) in [4.78, 5) is 13.3. The van der Waals surface area contributed by atoms with Crippen LogP contribution in [0.2, 0.25) is 0 Å². The van der Waals surface area contributed by atoms with Crippen molar-refractivity contribution in [3.63, 3.8) is 0 Å². The smallest absolute Gasteiger partial charge is 0.160 e. The average Bonchev–Trinajstić information content (AvgIpc) is 3.04. The molecule has 0 unspecified atom stereocenters. The molecule has 7 atom stereocenters. The lowest BCUT2D eigenvalue weighted by Crippen LogP contribution is -2.64. The second kappa shape index (κ2) is 6.98. The van der Waals surface area contributed by atoms with Crippen molar-refractivity contribution in [3.8, 4) is 0 Å². The zero-order valence-electron chi connectivity index (χ0n) is 22.7. The molecule has 0 aliphatic heterocycles. The Bertz CT molecular complexity index is 961. The summed E-state index contributed by atoms with van der Waals surface area (Å²) in [6.45, 7) is 24.2. The van der Waals surface area contributed by atoms with E-state index in [1.807, 2.05) is 0 Å². The molecule has 3 fully saturated rings. The van der Waals surface area contributed by atoms with Gasteiger partial charge in [-0.25, -0.2) is 0 Å². The van der Waals surface area contributed by atoms with Gasteiger partial charge in [0.05, 0.1) is 0 Å². The van der Waals surface area contributed by atoms with Crippen molar-refractivity contribution in [1.82, 2.24) is 0 Å². The van der Waals surface area contributed by atoms with Crippen molar-refractivity contribution in [2.24, 2.45) is 50.7 Å². The normalized spacial score (nSPS) is 48.6. The number of Topliss-reactive ketones (excluding diaryl/α,β-unsaturated/α-hetero) is 1. The zero-order chi connectivity index (χ0) is 24.2. The SMILES string of the molecule is C=C[C@@]12CC[C@]3(C)[C@H](CC[C@@H]4[C@@]5(C)CC=C(C)C(C)(C)[C@@H]5CC[C@]43C)C1=C(C(C)C)C(=O)C2. The number of hydrogen-bond acceptors (Lipinski definition) is 1. The van der Waals surface area contributed by atoms with Crippen molar-refractivity contribution in [2.45, 2.75) is 107 Å². The van der Waals surface area contributed by atoms with Gasteiger partial charge in [0.1, 0.15) is 0 Å². The Hall–Kier alpha value is -1.11. The van der Waals surface area contributed by atoms with Gasteiger partial charge in [-0.05, 0) is 108 Å². The van der Waals surface area contributed by atoms with Gasteiger partial charge in [-0.15, -0.1) is 6.58 Å². The molecule has 1 heteroatoms. The number of hydrogen-bond donors (Lipinski definition) is 0. The fraction of sp³-hybridized carbons (Fsp3) is 0.781. The molecule has 0 amide bonds. The van der Waals surface area contributed by atoms with Gasteiger partial charge in [0.15, 0.2) is 5.78 Å². The third kappa shape index (κ3) is 2.69. The minimum Gasteiger partial charge on any atom is -0.294 e. The van der Waals surface area contributed by atoms with Crippen molar-refractivity contribution >= 4 is 5.78 Å². The lowest BCUT2D eigenvalue weighted by Gasteiger charge is -2.71. The third-order valence-electron chi connectivity index (χ3n) is 12.9. The van der Waals surface area contributed by atoms with Gasteiger partial charge < -0.3 is 0 Å². The van der Waals surface area contributed by atoms with Gasteiger partial charge >= 0.3 is 0 Å². The van der Waals surface area contributed by atoms with Gasteiger partial charge in [0.2, 0.25) is 0 Å². The highest BCUT2D eigenvalue weighted by atomic mass is 16.1. The van der Waals surface area contributed by atoms with Crippen LogP contribution in [0.15, 0.2) is 35.5 Å². The molecule has 0 aromatic heterocycles. The highest BCUT2D eigenvalue weighted by molar-refractivity contribution is 6.01. The molecule has 0 heterocycles. The zero-order valence-corrected chi connectivity index (χ0v) is 22.7. The molecule has 5 rings (SSSR count). The van der Waals surface area contributed by atoms with Gasteiger partial charge in [-0.3, -0.25) is 4.79 Å². The summed E-state index contributed by atoms with van der Waals surface area (Å²) in [6, 6.07) is 0. The molecule has 1 nitrogen and oxygen atoms in total. The van der Waals surface area contributed by atoms with Crippen LogP contribution in [0, 0.1) is 50.7 Å². The quantitative estimate of drug-likeness (QED) is 0.386. The number of rotatable bonds is 2. The molecular formula is C32H48O. The Kier molecular flexibility index (Phi) is 5.00. The first-order valence-corrected chi connectivity index (χ1v) is 13.9. The first-order valence-electron chi connectivity index (χ1n) is 13.9. The summed E-state index contributed by atoms with van der Waals surface area (Å²) in [5.74, 6) is 2.83. The maximum atomic E-state index is 13.3. The van der Waals surface area contributed by atoms with Crippen LogP contribution >= 0.6 is 0 Å². The Morgan fingerprint density at radius 1 is 0.970 bits per heavy atom. The molecule has 5 aliphatic rings. The molecule has 0 N–H and O–H groups in total. The molecule has 33 heavy (non-hydrogen) atoms. The Morgan fingerprint density at radius 2 is 1.67 bits per heavy atom. The van der Waals surface area contributed by atoms with Crippen LogP contribution in [-0.4, -0.2) is 5.78 Å². The summed E-state index contributed by atoms with van der Waals surface area (Å²) in [5.41, 5.74) is 5.58. The maximum absolute atomic E-state index is 13.3. The Morgan fingerprint density at radius 3 is 2.30 bits per heavy atom. The van der Waals surface area contributed by atoms with Crippen LogP contribution in [0.25, 0.3) is 0 Å². The summed E-state index contributed by atoms with van der Waals surface area (Å²) in [5, 5.41) is 0. The van der Waals surface area contributed by atoms with E-state index in [-0.39, 0.29) is 10.8 Å². The summed E-state index contributed by atoms with van der Waals surface area (Å²) >= 11 is 0. The van der Waals surface area contributed by atoms with E-state index in [0.29, 0.717) is 40.3 Å². The number of ketones is 1. The molecule has 0 aromatic rings. The Balaban J connectivity index is 1.63. The molecule has 0 radical (unpaired) electrons. The number of carbonyl (C=O) groups is 1. The van der Waals surface area contributed by atoms with E-state index in [2.05, 4.69) is 74.1 Å². The molecule has 0 aromatic carbocycles. The minimum atomic E-state index is -0.0577. The molecular weight excluding hydrogens is 400 g/mol. The number of fused-ring (bicyclic) bond motifs is 7. The highest BCUT2D eigenvalue weighted by Gasteiger charge is 2.68. The largest absolute Gasteiger partial charge is 0.294 e. The van der Waals surface area contributed by atoms with Gasteiger partial charge in [0, 0.05) is 11.8 Å². The predicted molar refractivity (Wildman–Crippen MR) is 139 cm³/mol. The molecule has 5 aliphatic carbocycles. The van der Waals surface area contributed by atoms with E-state index in [4.69, 9.17) is 0 Å². The van der Waals surface area contributed by atoms with Crippen molar-refractivity contribution in [1.29, 1.82) is 0 Å². The van der Waals surface area contributed by atoms with Crippen molar-refractivity contribution < 1.29 is 4.79 Å². The predicted octanol–water partition coefficient (Wildman–Crippen LogP) is 8.71. The van der Waals surface area contributed by atoms with Gasteiger partial charge in [-0.1, -0.05) is 66.2 Å². The maximum Gasteiger partial charge on any atom is 0.160 e. The second-order valence-electron chi connectivity index (χ2n) is 14.4. The fourth-order valence-electron chi connectivity index (χ4n) is 10.7. The molecule has 3 saturated carbocycles. The minimum absolute atomic E-state index is 0.0577. The van der Waals surface area contributed by atoms with E-state index < -0.39 is 0 Å². The van der Waals surface area contributed by atoms with E-state index in [0.717, 1.165) is 18.3 Å². The van der Waals surface area contributed by atoms with E-state index in [1.165, 1.54) is 49.7 Å². The number of carbonyl (C=O) groups excluding carboxylic acids is 1. The van der Waals surface area contributed by atoms with Crippen LogP contribution in [0.1, 0.15) is 107 Å². The molecule has 0 bridgehead atoms. The van der Waals surface area contributed by atoms with Gasteiger partial charge in [-0.2, -0.15) is 0 Å². The van der Waals surface area contributed by atoms with Crippen molar-refractivity contribution in [3.05, 3.63) is 35.5 Å². The lowest BCUT2D eigenvalue weighted by molar-refractivity contribution is -0.197. The Labute approximate surface area is 203 Å². The lowest BCUT2D eigenvalue weighted by atomic mass is 9.33. The van der Waals surface area contributed by atoms with Crippen molar-refractivity contribution in [2.75, 3.05) is 0 Å². The first kappa shape index (κ1) is 23.6. The van der Waals surface area contributed by atoms with Crippen LogP contribution in [0.4, 0.5) is 0 Å². The van der Waals surface area contributed by atoms with Crippen LogP contribution in [0.5, 0.6) is 0 Å². The van der Waals surface area contributed by atoms with E-state index in [9.17, 15) is 4.79 Å². The molecule has 0 saturated heterocycles. The monoisotopic (exact) mass is 448 g/mol. The van der Waals surface area contributed by atoms with Crippen LogP contribution in [-0.2, 0) is 4.79 Å². The topological polar surface area (TPSA) is 17.1 Å². The third-order valence-corrected chi connectivity index (χ3v) is 12.9. The standard InChI is InChI=1S/C32H48O/c1-10-32-18-17-30(8)22(27(32)26(20(2)3)23(33)19-32)11-12-25-29(7)15-13-21(4)28(5,6)24(29)14-16-31(25,30)9/h10,13,20,22,24-25H,1,11-12,14-19H2,2-9H3/t22-,24+,25-,29+,30-,31-,32+/m1/s1. The van der Waals surface area contributed by atoms with E-state index in [1.54, 1.807) is 5.57 Å². The molecule has 0 spiro atoms. The summed E-state index contributed by atoms with van der Waals surface area (Å²) < 4.78 is 0. The molecule has 182 valence electrons. The van der Waals surface area contributed by atoms with Gasteiger partial charge in [0.25, 0.3) is 0 Å². The van der Waals surface area contributed by atoms with Crippen LogP contribution in [0.3, 0.4) is 0 Å². The number of allylic oxidation sites excluding steroid dienone is 5. The fourth-order valence-corrected chi connectivity index (χ4v) is 10.7. The van der Waals surface area contributed by atoms with Crippen LogP contribution < -0.4 is 0 Å². The first-order chi connectivity index (χ1) is 15.3. The summed E-state index contributed by atoms with van der Waals surface area (Å²) in [6.07, 6.45) is 14.4. The van der Waals surface area contributed by atoms with E-state index >= 15 is 0 Å². The summed E-state index contributed by atoms with van der Waals surface area (Å²) in [7, 11) is 0. The second-order valence-corrected chi connectivity index (χ2v) is 14.4. The highest BCUT2D eigenvalue weighted by Crippen LogP contribution is 2.76. The average molecular weight is 449 g/mol.